The summed E-state index contributed by atoms with van der Waals surface area (Å²) in [5.41, 5.74) is 11.4. The monoisotopic (exact) mass is 392 g/mol. The van der Waals surface area contributed by atoms with Crippen molar-refractivity contribution in [3.8, 4) is 22.7 Å². The predicted molar refractivity (Wildman–Crippen MR) is 112 cm³/mol. The number of aliphatic carboxylic acids is 1. The highest BCUT2D eigenvalue weighted by atomic mass is 16.5. The maximum atomic E-state index is 11.5. The third-order valence-electron chi connectivity index (χ3n) is 4.97. The first kappa shape index (κ1) is 20.2. The van der Waals surface area contributed by atoms with Gasteiger partial charge in [-0.15, -0.1) is 0 Å². The van der Waals surface area contributed by atoms with Crippen molar-refractivity contribution in [2.75, 3.05) is 7.11 Å². The molecule has 0 saturated carbocycles. The van der Waals surface area contributed by atoms with Crippen LogP contribution in [0.1, 0.15) is 33.6 Å². The molecular weight excluding hydrogens is 368 g/mol. The Morgan fingerprint density at radius 3 is 2.38 bits per heavy atom. The van der Waals surface area contributed by atoms with Gasteiger partial charge in [0.25, 0.3) is 0 Å². The number of hydrogen-bond acceptors (Lipinski definition) is 3. The summed E-state index contributed by atoms with van der Waals surface area (Å²) in [5.74, 6) is -0.524. The Balaban J connectivity index is 2.17. The number of ether oxygens (including phenoxy) is 1. The van der Waals surface area contributed by atoms with Crippen molar-refractivity contribution in [2.24, 2.45) is 5.73 Å². The Kier molecular flexibility index (Phi) is 5.73. The van der Waals surface area contributed by atoms with Crippen LogP contribution in [0.25, 0.3) is 16.9 Å². The summed E-state index contributed by atoms with van der Waals surface area (Å²) in [4.78, 5) is 22.6. The highest BCUT2D eigenvalue weighted by Gasteiger charge is 2.16. The smallest absolute Gasteiger partial charge is 0.303 e. The van der Waals surface area contributed by atoms with Crippen molar-refractivity contribution in [2.45, 2.75) is 26.7 Å². The molecule has 1 aromatic heterocycles. The van der Waals surface area contributed by atoms with Crippen LogP contribution in [0.15, 0.2) is 48.5 Å². The van der Waals surface area contributed by atoms with Crippen LogP contribution in [0.3, 0.4) is 0 Å². The van der Waals surface area contributed by atoms with Crippen LogP contribution < -0.4 is 10.5 Å². The molecule has 0 spiro atoms. The Hall–Kier alpha value is -3.54. The normalized spacial score (nSPS) is 10.7. The van der Waals surface area contributed by atoms with Crippen molar-refractivity contribution < 1.29 is 19.4 Å². The second-order valence-corrected chi connectivity index (χ2v) is 6.99. The standard InChI is InChI=1S/C23H24N2O4/c1-14-12-17(23(24)28)4-8-19(14)25-18(7-11-22(26)27)6-9-20(25)16-5-10-21(29-3)15(2)13-16/h4-6,8-10,12-13H,7,11H2,1-3H3,(H2,24,28)(H,26,27). The van der Waals surface area contributed by atoms with E-state index in [1.165, 1.54) is 0 Å². The molecule has 150 valence electrons. The number of benzene rings is 2. The van der Waals surface area contributed by atoms with E-state index >= 15 is 0 Å². The molecule has 0 fully saturated rings. The summed E-state index contributed by atoms with van der Waals surface area (Å²) >= 11 is 0. The molecule has 29 heavy (non-hydrogen) atoms. The van der Waals surface area contributed by atoms with Crippen molar-refractivity contribution in [3.05, 3.63) is 70.9 Å². The van der Waals surface area contributed by atoms with E-state index < -0.39 is 11.9 Å². The summed E-state index contributed by atoms with van der Waals surface area (Å²) in [7, 11) is 1.64. The van der Waals surface area contributed by atoms with Gasteiger partial charge < -0.3 is 20.1 Å². The minimum Gasteiger partial charge on any atom is -0.496 e. The SMILES string of the molecule is COc1ccc(-c2ccc(CCC(=O)O)n2-c2ccc(C(N)=O)cc2C)cc1C. The highest BCUT2D eigenvalue weighted by Crippen LogP contribution is 2.32. The molecule has 0 aliphatic rings. The number of rotatable bonds is 7. The van der Waals surface area contributed by atoms with E-state index in [0.29, 0.717) is 12.0 Å². The lowest BCUT2D eigenvalue weighted by Gasteiger charge is -2.17. The van der Waals surface area contributed by atoms with Gasteiger partial charge in [-0.3, -0.25) is 9.59 Å². The molecule has 6 nitrogen and oxygen atoms in total. The summed E-state index contributed by atoms with van der Waals surface area (Å²) in [6, 6.07) is 15.2. The summed E-state index contributed by atoms with van der Waals surface area (Å²) < 4.78 is 7.41. The lowest BCUT2D eigenvalue weighted by atomic mass is 10.1. The quantitative estimate of drug-likeness (QED) is 0.638. The largest absolute Gasteiger partial charge is 0.496 e. The van der Waals surface area contributed by atoms with Crippen molar-refractivity contribution in [1.29, 1.82) is 0 Å². The van der Waals surface area contributed by atoms with E-state index in [9.17, 15) is 9.59 Å². The first-order valence-corrected chi connectivity index (χ1v) is 9.30. The molecular formula is C23H24N2O4. The minimum absolute atomic E-state index is 0.0313. The summed E-state index contributed by atoms with van der Waals surface area (Å²) in [5, 5.41) is 9.13. The second kappa shape index (κ2) is 8.22. The average Bonchev–Trinajstić information content (AvgIpc) is 3.09. The fourth-order valence-electron chi connectivity index (χ4n) is 3.52. The van der Waals surface area contributed by atoms with Crippen LogP contribution in [0, 0.1) is 13.8 Å². The fraction of sp³-hybridized carbons (Fsp3) is 0.217. The fourth-order valence-corrected chi connectivity index (χ4v) is 3.52. The first-order valence-electron chi connectivity index (χ1n) is 9.30. The van der Waals surface area contributed by atoms with E-state index in [2.05, 4.69) is 0 Å². The molecule has 3 rings (SSSR count). The number of aryl methyl sites for hydroxylation is 3. The summed E-state index contributed by atoms with van der Waals surface area (Å²) in [6.07, 6.45) is 0.422. The Morgan fingerprint density at radius 2 is 1.79 bits per heavy atom. The summed E-state index contributed by atoms with van der Waals surface area (Å²) in [6.45, 7) is 3.89. The predicted octanol–water partition coefficient (Wildman–Crippen LogP) is 3.89. The van der Waals surface area contributed by atoms with Crippen LogP contribution in [-0.4, -0.2) is 28.7 Å². The Morgan fingerprint density at radius 1 is 1.03 bits per heavy atom. The number of aromatic nitrogens is 1. The molecule has 0 aliphatic heterocycles. The number of methoxy groups -OCH3 is 1. The number of nitrogens with zero attached hydrogens (tertiary/aromatic N) is 1. The van der Waals surface area contributed by atoms with Crippen molar-refractivity contribution >= 4 is 11.9 Å². The topological polar surface area (TPSA) is 94.6 Å². The number of carbonyl (C=O) groups is 2. The van der Waals surface area contributed by atoms with Crippen LogP contribution in [0.4, 0.5) is 0 Å². The van der Waals surface area contributed by atoms with Crippen LogP contribution in [0.5, 0.6) is 5.75 Å². The third kappa shape index (κ3) is 4.16. The lowest BCUT2D eigenvalue weighted by Crippen LogP contribution is -2.12. The van der Waals surface area contributed by atoms with Gasteiger partial charge in [-0.2, -0.15) is 0 Å². The van der Waals surface area contributed by atoms with Gasteiger partial charge in [-0.25, -0.2) is 0 Å². The molecule has 1 amide bonds. The van der Waals surface area contributed by atoms with E-state index in [1.54, 1.807) is 19.2 Å². The zero-order valence-corrected chi connectivity index (χ0v) is 16.7. The molecule has 6 heteroatoms. The van der Waals surface area contributed by atoms with E-state index in [1.807, 2.05) is 54.8 Å². The van der Waals surface area contributed by atoms with Crippen LogP contribution in [0.2, 0.25) is 0 Å². The van der Waals surface area contributed by atoms with Crippen LogP contribution in [-0.2, 0) is 11.2 Å². The molecule has 0 atom stereocenters. The molecule has 0 bridgehead atoms. The van der Waals surface area contributed by atoms with Gasteiger partial charge in [0, 0.05) is 16.9 Å². The average molecular weight is 392 g/mol. The molecule has 0 aliphatic carbocycles. The maximum Gasteiger partial charge on any atom is 0.303 e. The third-order valence-corrected chi connectivity index (χ3v) is 4.97. The van der Waals surface area contributed by atoms with Gasteiger partial charge in [0.2, 0.25) is 5.91 Å². The van der Waals surface area contributed by atoms with Crippen LogP contribution >= 0.6 is 0 Å². The molecule has 2 aromatic carbocycles. The number of carbonyl (C=O) groups excluding carboxylic acids is 1. The lowest BCUT2D eigenvalue weighted by molar-refractivity contribution is -0.136. The highest BCUT2D eigenvalue weighted by molar-refractivity contribution is 5.93. The number of carboxylic acids is 1. The number of hydrogen-bond donors (Lipinski definition) is 2. The molecule has 3 N–H and O–H groups in total. The Labute approximate surface area is 169 Å². The molecule has 3 aromatic rings. The van der Waals surface area contributed by atoms with Gasteiger partial charge in [-0.05, 0) is 85.5 Å². The second-order valence-electron chi connectivity index (χ2n) is 6.99. The molecule has 0 unspecified atom stereocenters. The number of amides is 1. The van der Waals surface area contributed by atoms with E-state index in [4.69, 9.17) is 15.6 Å². The maximum absolute atomic E-state index is 11.5. The zero-order chi connectivity index (χ0) is 21.1. The molecule has 0 saturated heterocycles. The Bertz CT molecular complexity index is 1080. The van der Waals surface area contributed by atoms with Gasteiger partial charge in [0.15, 0.2) is 0 Å². The number of carboxylic acid groups (broad SMARTS) is 1. The zero-order valence-electron chi connectivity index (χ0n) is 16.7. The van der Waals surface area contributed by atoms with Gasteiger partial charge in [-0.1, -0.05) is 0 Å². The van der Waals surface area contributed by atoms with Gasteiger partial charge >= 0.3 is 5.97 Å². The van der Waals surface area contributed by atoms with Crippen molar-refractivity contribution in [3.63, 3.8) is 0 Å². The molecule has 0 radical (unpaired) electrons. The van der Waals surface area contributed by atoms with Crippen molar-refractivity contribution in [1.82, 2.24) is 4.57 Å². The number of nitrogens with two attached hydrogens (primary N) is 1. The van der Waals surface area contributed by atoms with E-state index in [-0.39, 0.29) is 6.42 Å². The van der Waals surface area contributed by atoms with Gasteiger partial charge in [0.05, 0.1) is 19.2 Å². The van der Waals surface area contributed by atoms with E-state index in [0.717, 1.165) is 39.5 Å². The van der Waals surface area contributed by atoms with Gasteiger partial charge in [0.1, 0.15) is 5.75 Å². The first-order chi connectivity index (χ1) is 13.8. The molecule has 1 heterocycles. The minimum atomic E-state index is -0.847. The number of primary amides is 1.